The third-order valence-electron chi connectivity index (χ3n) is 4.78. The number of hydrogen-bond donors (Lipinski definition) is 1. The maximum atomic E-state index is 13.3. The molecule has 0 fully saturated rings. The van der Waals surface area contributed by atoms with Gasteiger partial charge in [-0.05, 0) is 17.7 Å². The van der Waals surface area contributed by atoms with Crippen molar-refractivity contribution in [2.45, 2.75) is 11.7 Å². The zero-order valence-corrected chi connectivity index (χ0v) is 19.1. The minimum Gasteiger partial charge on any atom is -0.497 e. The highest BCUT2D eigenvalue weighted by atomic mass is 32.2. The molecule has 0 aliphatic heterocycles. The third kappa shape index (κ3) is 5.31. The van der Waals surface area contributed by atoms with Crippen molar-refractivity contribution < 1.29 is 18.7 Å². The maximum absolute atomic E-state index is 13.3. The molecular weight excluding hydrogens is 461 g/mol. The smallest absolute Gasteiger partial charge is 0.282 e. The molecule has 1 N–H and O–H groups in total. The molecule has 0 spiro atoms. The van der Waals surface area contributed by atoms with Crippen LogP contribution in [0, 0.1) is 5.82 Å². The number of carbonyl (C=O) groups excluding carboxylic acids is 1. The minimum absolute atomic E-state index is 0.0266. The molecule has 174 valence electrons. The van der Waals surface area contributed by atoms with Crippen LogP contribution in [-0.4, -0.2) is 45.4 Å². The lowest BCUT2D eigenvalue weighted by atomic mass is 10.2. The molecule has 2 aromatic heterocycles. The Morgan fingerprint density at radius 2 is 1.74 bits per heavy atom. The Morgan fingerprint density at radius 1 is 1.06 bits per heavy atom. The number of aromatic nitrogens is 4. The summed E-state index contributed by atoms with van der Waals surface area (Å²) < 4.78 is 25.2. The summed E-state index contributed by atoms with van der Waals surface area (Å²) in [6, 6.07) is 10.8. The van der Waals surface area contributed by atoms with E-state index in [0.717, 1.165) is 11.8 Å². The summed E-state index contributed by atoms with van der Waals surface area (Å²) in [4.78, 5) is 38.4. The van der Waals surface area contributed by atoms with Crippen LogP contribution in [0.15, 0.2) is 64.8 Å². The summed E-state index contributed by atoms with van der Waals surface area (Å²) in [5.74, 6) is 0.345. The van der Waals surface area contributed by atoms with E-state index in [1.807, 2.05) is 0 Å². The highest BCUT2D eigenvalue weighted by molar-refractivity contribution is 7.99. The predicted octanol–water partition coefficient (Wildman–Crippen LogP) is 3.12. The third-order valence-corrected chi connectivity index (χ3v) is 5.76. The molecule has 4 rings (SSSR count). The Bertz CT molecular complexity index is 1370. The van der Waals surface area contributed by atoms with Crippen LogP contribution >= 0.6 is 11.8 Å². The molecule has 0 aliphatic carbocycles. The van der Waals surface area contributed by atoms with Crippen LogP contribution in [0.1, 0.15) is 5.56 Å². The number of amides is 1. The fraction of sp³-hybridized carbons (Fsp3) is 0.174. The van der Waals surface area contributed by atoms with Gasteiger partial charge in [-0.2, -0.15) is 0 Å². The van der Waals surface area contributed by atoms with E-state index >= 15 is 0 Å². The number of ether oxygens (including phenoxy) is 2. The Balaban J connectivity index is 1.59. The average Bonchev–Trinajstić information content (AvgIpc) is 2.85. The zero-order valence-electron chi connectivity index (χ0n) is 18.3. The molecule has 34 heavy (non-hydrogen) atoms. The molecule has 0 saturated carbocycles. The Labute approximate surface area is 198 Å². The van der Waals surface area contributed by atoms with Crippen molar-refractivity contribution in [1.29, 1.82) is 0 Å². The van der Waals surface area contributed by atoms with E-state index in [1.165, 1.54) is 43.3 Å². The first kappa shape index (κ1) is 23.2. The summed E-state index contributed by atoms with van der Waals surface area (Å²) in [7, 11) is 3.04. The molecule has 9 nitrogen and oxygen atoms in total. The van der Waals surface area contributed by atoms with Crippen molar-refractivity contribution in [1.82, 2.24) is 19.5 Å². The van der Waals surface area contributed by atoms with E-state index in [-0.39, 0.29) is 35.2 Å². The van der Waals surface area contributed by atoms with Gasteiger partial charge in [0.1, 0.15) is 17.3 Å². The number of rotatable bonds is 8. The Morgan fingerprint density at radius 3 is 2.41 bits per heavy atom. The van der Waals surface area contributed by atoms with E-state index in [9.17, 15) is 14.0 Å². The summed E-state index contributed by atoms with van der Waals surface area (Å²) in [6.45, 7) is 0.135. The first-order chi connectivity index (χ1) is 16.5. The van der Waals surface area contributed by atoms with Gasteiger partial charge in [0.25, 0.3) is 5.56 Å². The summed E-state index contributed by atoms with van der Waals surface area (Å²) in [6.07, 6.45) is 2.85. The van der Waals surface area contributed by atoms with Crippen LogP contribution in [0.4, 0.5) is 10.1 Å². The van der Waals surface area contributed by atoms with Gasteiger partial charge in [0, 0.05) is 36.3 Å². The number of nitrogens with one attached hydrogen (secondary N) is 1. The van der Waals surface area contributed by atoms with Crippen LogP contribution in [0.5, 0.6) is 11.5 Å². The predicted molar refractivity (Wildman–Crippen MR) is 126 cm³/mol. The molecule has 4 aromatic rings. The molecule has 2 heterocycles. The lowest BCUT2D eigenvalue weighted by Gasteiger charge is -2.13. The van der Waals surface area contributed by atoms with Gasteiger partial charge in [0.05, 0.1) is 26.5 Å². The number of halogens is 1. The number of fused-ring (bicyclic) bond motifs is 1. The van der Waals surface area contributed by atoms with Crippen LogP contribution < -0.4 is 20.3 Å². The fourth-order valence-corrected chi connectivity index (χ4v) is 3.94. The van der Waals surface area contributed by atoms with Crippen molar-refractivity contribution in [2.24, 2.45) is 0 Å². The first-order valence-electron chi connectivity index (χ1n) is 10.1. The SMILES string of the molecule is COc1cc(NC(=O)CSc2nc3nccnc3c(=O)n2Cc2ccc(F)cc2)cc(OC)c1. The number of anilines is 1. The molecule has 0 atom stereocenters. The normalized spacial score (nSPS) is 10.8. The zero-order chi connectivity index (χ0) is 24.1. The molecule has 0 unspecified atom stereocenters. The van der Waals surface area contributed by atoms with Gasteiger partial charge in [-0.1, -0.05) is 23.9 Å². The maximum Gasteiger partial charge on any atom is 0.282 e. The number of hydrogen-bond acceptors (Lipinski definition) is 8. The Kier molecular flexibility index (Phi) is 7.02. The standard InChI is InChI=1S/C23H20FN5O4S/c1-32-17-9-16(10-18(11-17)33-2)27-19(30)13-34-23-28-21-20(25-7-8-26-21)22(31)29(23)12-14-3-5-15(24)6-4-14/h3-11H,12-13H2,1-2H3,(H,27,30). The van der Waals surface area contributed by atoms with Gasteiger partial charge in [-0.25, -0.2) is 19.3 Å². The average molecular weight is 482 g/mol. The van der Waals surface area contributed by atoms with E-state index in [1.54, 1.807) is 30.3 Å². The molecular formula is C23H20FN5O4S. The summed E-state index contributed by atoms with van der Waals surface area (Å²) >= 11 is 1.08. The van der Waals surface area contributed by atoms with Crippen molar-refractivity contribution in [3.05, 3.63) is 76.6 Å². The second kappa shape index (κ2) is 10.3. The van der Waals surface area contributed by atoms with Crippen LogP contribution in [0.3, 0.4) is 0 Å². The topological polar surface area (TPSA) is 108 Å². The highest BCUT2D eigenvalue weighted by Gasteiger charge is 2.16. The minimum atomic E-state index is -0.400. The molecule has 2 aromatic carbocycles. The second-order valence-electron chi connectivity index (χ2n) is 7.08. The number of benzene rings is 2. The lowest BCUT2D eigenvalue weighted by molar-refractivity contribution is -0.113. The van der Waals surface area contributed by atoms with Gasteiger partial charge < -0.3 is 14.8 Å². The molecule has 11 heteroatoms. The van der Waals surface area contributed by atoms with E-state index in [2.05, 4.69) is 20.3 Å². The largest absolute Gasteiger partial charge is 0.497 e. The van der Waals surface area contributed by atoms with Crippen molar-refractivity contribution in [3.8, 4) is 11.5 Å². The van der Waals surface area contributed by atoms with Crippen LogP contribution in [0.2, 0.25) is 0 Å². The highest BCUT2D eigenvalue weighted by Crippen LogP contribution is 2.26. The first-order valence-corrected chi connectivity index (χ1v) is 11.1. The van der Waals surface area contributed by atoms with Crippen molar-refractivity contribution in [2.75, 3.05) is 25.3 Å². The number of carbonyl (C=O) groups is 1. The molecule has 0 aliphatic rings. The Hall–Kier alpha value is -3.99. The lowest BCUT2D eigenvalue weighted by Crippen LogP contribution is -2.25. The molecule has 0 saturated heterocycles. The molecule has 0 radical (unpaired) electrons. The number of methoxy groups -OCH3 is 2. The van der Waals surface area contributed by atoms with E-state index in [4.69, 9.17) is 9.47 Å². The summed E-state index contributed by atoms with van der Waals surface area (Å²) in [5, 5.41) is 3.08. The fourth-order valence-electron chi connectivity index (χ4n) is 3.16. The summed E-state index contributed by atoms with van der Waals surface area (Å²) in [5.41, 5.74) is 1.10. The quantitative estimate of drug-likeness (QED) is 0.302. The van der Waals surface area contributed by atoms with Crippen LogP contribution in [0.25, 0.3) is 11.2 Å². The van der Waals surface area contributed by atoms with Crippen molar-refractivity contribution >= 4 is 34.5 Å². The van der Waals surface area contributed by atoms with E-state index < -0.39 is 5.56 Å². The van der Waals surface area contributed by atoms with Gasteiger partial charge in [-0.3, -0.25) is 14.2 Å². The monoisotopic (exact) mass is 481 g/mol. The van der Waals surface area contributed by atoms with Crippen molar-refractivity contribution in [3.63, 3.8) is 0 Å². The van der Waals surface area contributed by atoms with Gasteiger partial charge in [0.15, 0.2) is 16.3 Å². The van der Waals surface area contributed by atoms with Gasteiger partial charge in [-0.15, -0.1) is 0 Å². The number of nitrogens with zero attached hydrogens (tertiary/aromatic N) is 4. The molecule has 0 bridgehead atoms. The van der Waals surface area contributed by atoms with Crippen LogP contribution in [-0.2, 0) is 11.3 Å². The second-order valence-corrected chi connectivity index (χ2v) is 8.02. The number of thioether (sulfide) groups is 1. The van der Waals surface area contributed by atoms with Gasteiger partial charge in [0.2, 0.25) is 5.91 Å². The van der Waals surface area contributed by atoms with Gasteiger partial charge >= 0.3 is 0 Å². The van der Waals surface area contributed by atoms with E-state index in [0.29, 0.717) is 27.9 Å². The molecule has 1 amide bonds.